The summed E-state index contributed by atoms with van der Waals surface area (Å²) >= 11 is 6.96. The number of nitrogens with one attached hydrogen (secondary N) is 2. The van der Waals surface area contributed by atoms with Gasteiger partial charge >= 0.3 is 0 Å². The largest absolute Gasteiger partial charge is 0.392 e. The Kier molecular flexibility index (Phi) is 8.60. The molecule has 3 aliphatic heterocycles. The lowest BCUT2D eigenvalue weighted by Crippen LogP contribution is -2.40. The summed E-state index contributed by atoms with van der Waals surface area (Å²) in [6.45, 7) is 9.51. The summed E-state index contributed by atoms with van der Waals surface area (Å²) in [5, 5.41) is 17.0. The molecule has 0 unspecified atom stereocenters. The topological polar surface area (TPSA) is 128 Å². The minimum atomic E-state index is -0.397. The fourth-order valence-corrected chi connectivity index (χ4v) is 6.95. The highest BCUT2D eigenvalue weighted by atomic mass is 35.5. The second kappa shape index (κ2) is 12.8. The molecule has 1 atom stereocenters. The summed E-state index contributed by atoms with van der Waals surface area (Å²) in [6, 6.07) is 7.69. The van der Waals surface area contributed by atoms with Crippen LogP contribution in [0.1, 0.15) is 52.2 Å². The number of nitrogens with zero attached hydrogens (tertiary/aromatic N) is 8. The van der Waals surface area contributed by atoms with Gasteiger partial charge in [0.15, 0.2) is 5.82 Å². The van der Waals surface area contributed by atoms with Crippen LogP contribution in [0.4, 0.5) is 23.1 Å². The molecule has 0 aliphatic carbocycles. The summed E-state index contributed by atoms with van der Waals surface area (Å²) in [6.07, 6.45) is 4.03. The van der Waals surface area contributed by atoms with Gasteiger partial charge in [0.1, 0.15) is 5.82 Å². The van der Waals surface area contributed by atoms with E-state index < -0.39 is 6.10 Å². The van der Waals surface area contributed by atoms with Crippen LogP contribution < -0.4 is 15.5 Å². The molecule has 0 spiro atoms. The number of aromatic nitrogens is 5. The van der Waals surface area contributed by atoms with Crippen molar-refractivity contribution in [3.8, 4) is 11.3 Å². The highest BCUT2D eigenvalue weighted by Crippen LogP contribution is 2.38. The first-order valence-electron chi connectivity index (χ1n) is 16.3. The van der Waals surface area contributed by atoms with Crippen LogP contribution in [-0.2, 0) is 33.0 Å². The zero-order valence-corrected chi connectivity index (χ0v) is 28.1. The van der Waals surface area contributed by atoms with Crippen molar-refractivity contribution in [1.29, 1.82) is 0 Å². The van der Waals surface area contributed by atoms with Gasteiger partial charge in [0.2, 0.25) is 5.95 Å². The van der Waals surface area contributed by atoms with Crippen molar-refractivity contribution in [2.75, 3.05) is 55.3 Å². The summed E-state index contributed by atoms with van der Waals surface area (Å²) in [5.74, 6) is 1.59. The molecule has 47 heavy (non-hydrogen) atoms. The number of aliphatic hydroxyl groups excluding tert-OH is 1. The van der Waals surface area contributed by atoms with Crippen LogP contribution in [0.15, 0.2) is 30.5 Å². The quantitative estimate of drug-likeness (QED) is 0.254. The number of rotatable bonds is 8. The monoisotopic (exact) mass is 656 g/mol. The van der Waals surface area contributed by atoms with Gasteiger partial charge in [-0.2, -0.15) is 4.98 Å². The van der Waals surface area contributed by atoms with Crippen molar-refractivity contribution in [1.82, 2.24) is 34.3 Å². The van der Waals surface area contributed by atoms with E-state index in [1.807, 2.05) is 43.7 Å². The molecule has 1 saturated heterocycles. The number of fused-ring (bicyclic) bond motifs is 2. The third-order valence-corrected chi connectivity index (χ3v) is 9.81. The molecule has 0 radical (unpaired) electrons. The van der Waals surface area contributed by atoms with Crippen molar-refractivity contribution in [3.63, 3.8) is 0 Å². The lowest BCUT2D eigenvalue weighted by molar-refractivity contribution is 0.101. The van der Waals surface area contributed by atoms with E-state index in [2.05, 4.69) is 42.3 Å². The molecule has 3 aromatic heterocycles. The standard InChI is InChI=1S/C34H41ClN10O2/c1-20(46)17-44-16-10-23-26(19-44)40-34(45-13-6-14-45)41-31(23)37-24-8-5-7-22(21(24)2)30-29(35)25(9-12-36-30)39-33(47)32-38-27-18-42(3)15-11-28(27)43(32)4/h5,7-9,12,20,46H,6,10-11,13-19H2,1-4H3,(H,36,39,47)(H,37,40,41)/t20-/m1/s1. The number of anilines is 4. The maximum absolute atomic E-state index is 13.4. The second-order valence-corrected chi connectivity index (χ2v) is 13.3. The first kappa shape index (κ1) is 31.5. The molecule has 1 fully saturated rings. The lowest BCUT2D eigenvalue weighted by atomic mass is 10.0. The summed E-state index contributed by atoms with van der Waals surface area (Å²) < 4.78 is 1.89. The Morgan fingerprint density at radius 3 is 2.62 bits per heavy atom. The fraction of sp³-hybridized carbons (Fsp3) is 0.441. The Hall–Kier alpha value is -4.10. The SMILES string of the molecule is Cc1c(Nc2nc(N3CCC3)nc3c2CCN(C[C@@H](C)O)C3)cccc1-c1nccc(NC(=O)c2nc3c(n2C)CCN(C)C3)c1Cl. The molecule has 0 saturated carbocycles. The molecular formula is C34H41ClN10O2. The molecule has 7 rings (SSSR count). The molecule has 13 heteroatoms. The highest BCUT2D eigenvalue weighted by molar-refractivity contribution is 6.36. The van der Waals surface area contributed by atoms with Crippen molar-refractivity contribution in [2.45, 2.75) is 52.3 Å². The number of hydrogen-bond donors (Lipinski definition) is 3. The van der Waals surface area contributed by atoms with E-state index in [1.165, 1.54) is 0 Å². The third kappa shape index (κ3) is 6.18. The minimum Gasteiger partial charge on any atom is -0.392 e. The zero-order valence-electron chi connectivity index (χ0n) is 27.3. The number of benzene rings is 1. The number of pyridine rings is 1. The number of likely N-dealkylation sites (N-methyl/N-ethyl adjacent to an activating group) is 1. The number of hydrogen-bond acceptors (Lipinski definition) is 10. The predicted octanol–water partition coefficient (Wildman–Crippen LogP) is 4.17. The highest BCUT2D eigenvalue weighted by Gasteiger charge is 2.28. The van der Waals surface area contributed by atoms with Gasteiger partial charge in [-0.25, -0.2) is 9.97 Å². The maximum atomic E-state index is 13.4. The first-order chi connectivity index (χ1) is 22.7. The molecule has 0 bridgehead atoms. The van der Waals surface area contributed by atoms with Gasteiger partial charge in [-0.15, -0.1) is 0 Å². The average Bonchev–Trinajstić information content (AvgIpc) is 3.33. The van der Waals surface area contributed by atoms with Crippen LogP contribution >= 0.6 is 11.6 Å². The molecule has 3 aliphatic rings. The Morgan fingerprint density at radius 2 is 1.85 bits per heavy atom. The van der Waals surface area contributed by atoms with Gasteiger partial charge in [-0.1, -0.05) is 23.7 Å². The Labute approximate surface area is 279 Å². The molecule has 4 aromatic rings. The number of imidazole rings is 1. The van der Waals surface area contributed by atoms with E-state index in [0.29, 0.717) is 35.3 Å². The van der Waals surface area contributed by atoms with Gasteiger partial charge in [-0.05, 0) is 51.4 Å². The number of β-amino-alcohol motifs (C(OH)–C–C–N with tert-alkyl or cyclic N) is 1. The number of carbonyl (C=O) groups excluding carboxylic acids is 1. The molecule has 6 heterocycles. The van der Waals surface area contributed by atoms with Crippen LogP contribution in [0.2, 0.25) is 5.02 Å². The molecule has 246 valence electrons. The summed E-state index contributed by atoms with van der Waals surface area (Å²) in [4.78, 5) is 39.3. The molecule has 1 aromatic carbocycles. The van der Waals surface area contributed by atoms with Crippen molar-refractivity contribution in [3.05, 3.63) is 69.5 Å². The van der Waals surface area contributed by atoms with E-state index in [1.54, 1.807) is 12.3 Å². The van der Waals surface area contributed by atoms with E-state index in [9.17, 15) is 9.90 Å². The Morgan fingerprint density at radius 1 is 1.02 bits per heavy atom. The molecular weight excluding hydrogens is 616 g/mol. The normalized spacial score (nSPS) is 17.1. The molecule has 1 amide bonds. The Balaban J connectivity index is 1.17. The fourth-order valence-electron chi connectivity index (χ4n) is 6.69. The third-order valence-electron chi connectivity index (χ3n) is 9.42. The van der Waals surface area contributed by atoms with Crippen LogP contribution in [0, 0.1) is 6.92 Å². The van der Waals surface area contributed by atoms with Gasteiger partial charge in [0, 0.05) is 88.0 Å². The van der Waals surface area contributed by atoms with E-state index in [4.69, 9.17) is 21.6 Å². The second-order valence-electron chi connectivity index (χ2n) is 12.9. The van der Waals surface area contributed by atoms with E-state index in [0.717, 1.165) is 103 Å². The number of halogens is 1. The average molecular weight is 657 g/mol. The van der Waals surface area contributed by atoms with E-state index in [-0.39, 0.29) is 5.91 Å². The van der Waals surface area contributed by atoms with Gasteiger partial charge in [0.05, 0.1) is 33.9 Å². The Bertz CT molecular complexity index is 1840. The number of aliphatic hydroxyl groups is 1. The zero-order chi connectivity index (χ0) is 32.8. The summed E-state index contributed by atoms with van der Waals surface area (Å²) in [7, 11) is 3.95. The van der Waals surface area contributed by atoms with Crippen LogP contribution in [0.25, 0.3) is 11.3 Å². The van der Waals surface area contributed by atoms with Gasteiger partial charge in [0.25, 0.3) is 5.91 Å². The smallest absolute Gasteiger partial charge is 0.291 e. The van der Waals surface area contributed by atoms with Crippen molar-refractivity contribution < 1.29 is 9.90 Å². The van der Waals surface area contributed by atoms with Gasteiger partial charge in [-0.3, -0.25) is 14.7 Å². The molecule has 3 N–H and O–H groups in total. The first-order valence-corrected chi connectivity index (χ1v) is 16.6. The summed E-state index contributed by atoms with van der Waals surface area (Å²) in [5.41, 5.74) is 7.87. The minimum absolute atomic E-state index is 0.311. The van der Waals surface area contributed by atoms with Crippen LogP contribution in [0.3, 0.4) is 0 Å². The predicted molar refractivity (Wildman–Crippen MR) is 183 cm³/mol. The number of carbonyl (C=O) groups is 1. The maximum Gasteiger partial charge on any atom is 0.291 e. The van der Waals surface area contributed by atoms with Crippen LogP contribution in [0.5, 0.6) is 0 Å². The van der Waals surface area contributed by atoms with Crippen molar-refractivity contribution in [2.24, 2.45) is 7.05 Å². The van der Waals surface area contributed by atoms with E-state index >= 15 is 0 Å². The van der Waals surface area contributed by atoms with Crippen LogP contribution in [-0.4, -0.2) is 91.2 Å². The van der Waals surface area contributed by atoms with Gasteiger partial charge < -0.3 is 30.1 Å². The molecule has 12 nitrogen and oxygen atoms in total. The number of amides is 1. The van der Waals surface area contributed by atoms with Crippen molar-refractivity contribution >= 4 is 40.6 Å². The lowest BCUT2D eigenvalue weighted by Gasteiger charge is -2.34.